The topological polar surface area (TPSA) is 34.4 Å². The van der Waals surface area contributed by atoms with Crippen LogP contribution in [0.25, 0.3) is 0 Å². The SMILES string of the molecule is CCNCc1coc(COc2cc(Cl)ccc2C)c1. The molecular formula is C15H18ClNO2. The van der Waals surface area contributed by atoms with E-state index in [0.29, 0.717) is 11.6 Å². The van der Waals surface area contributed by atoms with Gasteiger partial charge in [0.05, 0.1) is 6.26 Å². The molecule has 0 amide bonds. The number of hydrogen-bond donors (Lipinski definition) is 1. The Labute approximate surface area is 118 Å². The zero-order valence-corrected chi connectivity index (χ0v) is 12.0. The molecular weight excluding hydrogens is 262 g/mol. The van der Waals surface area contributed by atoms with Gasteiger partial charge in [0.25, 0.3) is 0 Å². The van der Waals surface area contributed by atoms with E-state index in [1.165, 1.54) is 0 Å². The van der Waals surface area contributed by atoms with Gasteiger partial charge >= 0.3 is 0 Å². The van der Waals surface area contributed by atoms with Crippen LogP contribution in [0.1, 0.15) is 23.8 Å². The molecule has 0 saturated carbocycles. The van der Waals surface area contributed by atoms with Crippen molar-refractivity contribution in [2.24, 2.45) is 0 Å². The lowest BCUT2D eigenvalue weighted by atomic mass is 10.2. The van der Waals surface area contributed by atoms with E-state index in [-0.39, 0.29) is 0 Å². The molecule has 1 aromatic heterocycles. The summed E-state index contributed by atoms with van der Waals surface area (Å²) >= 11 is 5.95. The summed E-state index contributed by atoms with van der Waals surface area (Å²) in [5.74, 6) is 1.60. The van der Waals surface area contributed by atoms with Crippen LogP contribution in [0.4, 0.5) is 0 Å². The highest BCUT2D eigenvalue weighted by Crippen LogP contribution is 2.23. The fourth-order valence-electron chi connectivity index (χ4n) is 1.74. The highest BCUT2D eigenvalue weighted by atomic mass is 35.5. The molecule has 102 valence electrons. The quantitative estimate of drug-likeness (QED) is 0.870. The van der Waals surface area contributed by atoms with Gasteiger partial charge in [-0.1, -0.05) is 24.6 Å². The Kier molecular flexibility index (Phi) is 4.88. The standard InChI is InChI=1S/C15H18ClNO2/c1-3-17-8-12-6-14(18-9-12)10-19-15-7-13(16)5-4-11(15)2/h4-7,9,17H,3,8,10H2,1-2H3. The maximum atomic E-state index is 5.95. The molecule has 0 bridgehead atoms. The van der Waals surface area contributed by atoms with Crippen molar-refractivity contribution in [1.82, 2.24) is 5.32 Å². The second kappa shape index (κ2) is 6.64. The van der Waals surface area contributed by atoms with Crippen molar-refractivity contribution in [3.05, 3.63) is 52.4 Å². The van der Waals surface area contributed by atoms with Crippen molar-refractivity contribution in [1.29, 1.82) is 0 Å². The van der Waals surface area contributed by atoms with Gasteiger partial charge in [-0.25, -0.2) is 0 Å². The zero-order chi connectivity index (χ0) is 13.7. The van der Waals surface area contributed by atoms with Crippen LogP contribution < -0.4 is 10.1 Å². The Balaban J connectivity index is 1.94. The average molecular weight is 280 g/mol. The van der Waals surface area contributed by atoms with E-state index in [1.807, 2.05) is 31.2 Å². The molecule has 2 rings (SSSR count). The lowest BCUT2D eigenvalue weighted by Crippen LogP contribution is -2.10. The number of furan rings is 1. The lowest BCUT2D eigenvalue weighted by Gasteiger charge is -2.07. The predicted molar refractivity (Wildman–Crippen MR) is 76.6 cm³/mol. The number of aryl methyl sites for hydroxylation is 1. The largest absolute Gasteiger partial charge is 0.485 e. The van der Waals surface area contributed by atoms with Gasteiger partial charge < -0.3 is 14.5 Å². The van der Waals surface area contributed by atoms with E-state index >= 15 is 0 Å². The number of ether oxygens (including phenoxy) is 1. The summed E-state index contributed by atoms with van der Waals surface area (Å²) in [4.78, 5) is 0. The van der Waals surface area contributed by atoms with E-state index in [0.717, 1.165) is 35.7 Å². The number of nitrogens with one attached hydrogen (secondary N) is 1. The summed E-state index contributed by atoms with van der Waals surface area (Å²) in [5.41, 5.74) is 2.19. The van der Waals surface area contributed by atoms with Crippen molar-refractivity contribution < 1.29 is 9.15 Å². The van der Waals surface area contributed by atoms with Gasteiger partial charge in [-0.05, 0) is 37.2 Å². The van der Waals surface area contributed by atoms with Crippen LogP contribution in [-0.4, -0.2) is 6.54 Å². The number of halogens is 1. The van der Waals surface area contributed by atoms with Crippen LogP contribution in [0.3, 0.4) is 0 Å². The molecule has 0 aliphatic rings. The van der Waals surface area contributed by atoms with Crippen molar-refractivity contribution in [3.63, 3.8) is 0 Å². The maximum absolute atomic E-state index is 5.95. The Morgan fingerprint density at radius 1 is 1.32 bits per heavy atom. The fourth-order valence-corrected chi connectivity index (χ4v) is 1.90. The molecule has 2 aromatic rings. The third-order valence-corrected chi connectivity index (χ3v) is 3.04. The summed E-state index contributed by atoms with van der Waals surface area (Å²) in [6.07, 6.45) is 1.76. The predicted octanol–water partition coefficient (Wildman–Crippen LogP) is 3.93. The minimum atomic E-state index is 0.410. The molecule has 0 saturated heterocycles. The van der Waals surface area contributed by atoms with E-state index in [9.17, 15) is 0 Å². The van der Waals surface area contributed by atoms with Gasteiger partial charge in [-0.3, -0.25) is 0 Å². The average Bonchev–Trinajstić information content (AvgIpc) is 2.85. The van der Waals surface area contributed by atoms with Crippen LogP contribution >= 0.6 is 11.6 Å². The second-order valence-electron chi connectivity index (χ2n) is 4.40. The molecule has 1 aromatic carbocycles. The maximum Gasteiger partial charge on any atom is 0.146 e. The Bertz CT molecular complexity index is 537. The molecule has 0 atom stereocenters. The van der Waals surface area contributed by atoms with Gasteiger partial charge in [-0.15, -0.1) is 0 Å². The zero-order valence-electron chi connectivity index (χ0n) is 11.2. The minimum absolute atomic E-state index is 0.410. The van der Waals surface area contributed by atoms with Gasteiger partial charge in [0.2, 0.25) is 0 Å². The summed E-state index contributed by atoms with van der Waals surface area (Å²) in [6, 6.07) is 7.61. The van der Waals surface area contributed by atoms with Gasteiger partial charge in [0, 0.05) is 17.1 Å². The number of hydrogen-bond acceptors (Lipinski definition) is 3. The molecule has 1 N–H and O–H groups in total. The van der Waals surface area contributed by atoms with Crippen LogP contribution in [0, 0.1) is 6.92 Å². The first-order chi connectivity index (χ1) is 9.19. The summed E-state index contributed by atoms with van der Waals surface area (Å²) in [5, 5.41) is 3.92. The first kappa shape index (κ1) is 14.0. The van der Waals surface area contributed by atoms with Crippen molar-refractivity contribution in [3.8, 4) is 5.75 Å². The van der Waals surface area contributed by atoms with Crippen molar-refractivity contribution >= 4 is 11.6 Å². The van der Waals surface area contributed by atoms with Gasteiger partial charge in [-0.2, -0.15) is 0 Å². The Morgan fingerprint density at radius 3 is 2.95 bits per heavy atom. The molecule has 0 fully saturated rings. The second-order valence-corrected chi connectivity index (χ2v) is 4.84. The fraction of sp³-hybridized carbons (Fsp3) is 0.333. The monoisotopic (exact) mass is 279 g/mol. The van der Waals surface area contributed by atoms with Gasteiger partial charge in [0.15, 0.2) is 0 Å². The third kappa shape index (κ3) is 4.01. The van der Waals surface area contributed by atoms with Crippen molar-refractivity contribution in [2.45, 2.75) is 27.0 Å². The van der Waals surface area contributed by atoms with E-state index < -0.39 is 0 Å². The Morgan fingerprint density at radius 2 is 2.16 bits per heavy atom. The summed E-state index contributed by atoms with van der Waals surface area (Å²) in [7, 11) is 0. The molecule has 4 heteroatoms. The molecule has 0 aliphatic carbocycles. The molecule has 0 spiro atoms. The van der Waals surface area contributed by atoms with Crippen LogP contribution in [0.2, 0.25) is 5.02 Å². The lowest BCUT2D eigenvalue weighted by molar-refractivity contribution is 0.268. The normalized spacial score (nSPS) is 10.7. The van der Waals surface area contributed by atoms with E-state index in [1.54, 1.807) is 6.26 Å². The number of benzene rings is 1. The highest BCUT2D eigenvalue weighted by molar-refractivity contribution is 6.30. The minimum Gasteiger partial charge on any atom is -0.485 e. The molecule has 0 unspecified atom stereocenters. The summed E-state index contributed by atoms with van der Waals surface area (Å²) < 4.78 is 11.2. The van der Waals surface area contributed by atoms with Gasteiger partial charge in [0.1, 0.15) is 18.1 Å². The molecule has 0 radical (unpaired) electrons. The molecule has 19 heavy (non-hydrogen) atoms. The first-order valence-electron chi connectivity index (χ1n) is 6.35. The first-order valence-corrected chi connectivity index (χ1v) is 6.72. The van der Waals surface area contributed by atoms with E-state index in [2.05, 4.69) is 12.2 Å². The Hall–Kier alpha value is -1.45. The van der Waals surface area contributed by atoms with Crippen LogP contribution in [-0.2, 0) is 13.2 Å². The summed E-state index contributed by atoms with van der Waals surface area (Å²) in [6.45, 7) is 6.23. The number of rotatable bonds is 6. The molecule has 0 aliphatic heterocycles. The molecule has 3 nitrogen and oxygen atoms in total. The highest BCUT2D eigenvalue weighted by Gasteiger charge is 2.05. The van der Waals surface area contributed by atoms with Crippen LogP contribution in [0.15, 0.2) is 34.9 Å². The molecule has 1 heterocycles. The van der Waals surface area contributed by atoms with Crippen LogP contribution in [0.5, 0.6) is 5.75 Å². The van der Waals surface area contributed by atoms with E-state index in [4.69, 9.17) is 20.8 Å². The third-order valence-electron chi connectivity index (χ3n) is 2.81. The smallest absolute Gasteiger partial charge is 0.146 e. The van der Waals surface area contributed by atoms with Crippen molar-refractivity contribution in [2.75, 3.05) is 6.54 Å².